The fourth-order valence-electron chi connectivity index (χ4n) is 2.65. The smallest absolute Gasteiger partial charge is 0.416 e. The number of carbonyl (C=O) groups is 1. The number of carboxylic acids is 1. The van der Waals surface area contributed by atoms with E-state index in [9.17, 15) is 22.8 Å². The minimum Gasteiger partial charge on any atom is -0.477 e. The van der Waals surface area contributed by atoms with Gasteiger partial charge in [-0.3, -0.25) is 0 Å². The Morgan fingerprint density at radius 3 is 2.37 bits per heavy atom. The summed E-state index contributed by atoms with van der Waals surface area (Å²) in [5, 5.41) is 9.42. The molecule has 8 heteroatoms. The Bertz CT molecular complexity index is 1060. The number of rotatable bonds is 4. The summed E-state index contributed by atoms with van der Waals surface area (Å²) >= 11 is 0. The minimum atomic E-state index is -4.38. The maximum absolute atomic E-state index is 12.6. The van der Waals surface area contributed by atoms with Gasteiger partial charge in [-0.25, -0.2) is 9.59 Å². The third-order valence-electron chi connectivity index (χ3n) is 4.09. The van der Waals surface area contributed by atoms with Gasteiger partial charge in [-0.15, -0.1) is 0 Å². The van der Waals surface area contributed by atoms with Crippen LogP contribution in [0.25, 0.3) is 11.0 Å². The summed E-state index contributed by atoms with van der Waals surface area (Å²) in [5.74, 6) is -1.37. The van der Waals surface area contributed by atoms with Crippen LogP contribution in [0, 0.1) is 0 Å². The zero-order valence-electron chi connectivity index (χ0n) is 14.1. The molecule has 0 bridgehead atoms. The molecule has 3 rings (SSSR count). The van der Waals surface area contributed by atoms with Crippen LogP contribution in [-0.2, 0) is 12.7 Å². The van der Waals surface area contributed by atoms with E-state index in [1.54, 1.807) is 30.1 Å². The Labute approximate surface area is 151 Å². The molecule has 0 aliphatic heterocycles. The van der Waals surface area contributed by atoms with Gasteiger partial charge in [0, 0.05) is 30.7 Å². The van der Waals surface area contributed by atoms with Crippen molar-refractivity contribution in [3.63, 3.8) is 0 Å². The summed E-state index contributed by atoms with van der Waals surface area (Å²) < 4.78 is 42.9. The standard InChI is InChI=1S/C19H14F3NO4/c1-23(10-11-2-5-13(6-3-11)19(20,21)22)14-7-4-12-8-15(17(24)25)18(26)27-16(12)9-14/h2-9H,10H2,1H3,(H,24,25). The lowest BCUT2D eigenvalue weighted by Gasteiger charge is -2.20. The van der Waals surface area contributed by atoms with E-state index in [1.165, 1.54) is 18.2 Å². The van der Waals surface area contributed by atoms with E-state index in [0.717, 1.165) is 12.1 Å². The first-order valence-electron chi connectivity index (χ1n) is 7.83. The largest absolute Gasteiger partial charge is 0.477 e. The Morgan fingerprint density at radius 1 is 1.11 bits per heavy atom. The number of hydrogen-bond donors (Lipinski definition) is 1. The van der Waals surface area contributed by atoms with Crippen molar-refractivity contribution in [3.05, 3.63) is 75.6 Å². The quantitative estimate of drug-likeness (QED) is 0.692. The number of halogens is 3. The van der Waals surface area contributed by atoms with E-state index in [4.69, 9.17) is 9.52 Å². The second kappa shape index (κ2) is 6.79. The van der Waals surface area contributed by atoms with Crippen LogP contribution >= 0.6 is 0 Å². The maximum Gasteiger partial charge on any atom is 0.416 e. The van der Waals surface area contributed by atoms with Gasteiger partial charge in [-0.1, -0.05) is 12.1 Å². The number of benzene rings is 2. The summed E-state index contributed by atoms with van der Waals surface area (Å²) in [4.78, 5) is 24.5. The van der Waals surface area contributed by atoms with Crippen molar-refractivity contribution < 1.29 is 27.5 Å². The lowest BCUT2D eigenvalue weighted by molar-refractivity contribution is -0.137. The van der Waals surface area contributed by atoms with Crippen LogP contribution in [0.4, 0.5) is 18.9 Å². The van der Waals surface area contributed by atoms with Crippen molar-refractivity contribution in [2.75, 3.05) is 11.9 Å². The zero-order valence-corrected chi connectivity index (χ0v) is 14.1. The molecule has 140 valence electrons. The van der Waals surface area contributed by atoms with Crippen molar-refractivity contribution in [3.8, 4) is 0 Å². The minimum absolute atomic E-state index is 0.224. The summed E-state index contributed by atoms with van der Waals surface area (Å²) in [7, 11) is 1.74. The first-order chi connectivity index (χ1) is 12.6. The molecule has 0 saturated carbocycles. The molecule has 0 aliphatic rings. The molecule has 0 saturated heterocycles. The molecular weight excluding hydrogens is 363 g/mol. The fraction of sp³-hybridized carbons (Fsp3) is 0.158. The molecule has 5 nitrogen and oxygen atoms in total. The SMILES string of the molecule is CN(Cc1ccc(C(F)(F)F)cc1)c1ccc2cc(C(=O)O)c(=O)oc2c1. The molecule has 1 heterocycles. The molecular formula is C19H14F3NO4. The van der Waals surface area contributed by atoms with Gasteiger partial charge < -0.3 is 14.4 Å². The van der Waals surface area contributed by atoms with E-state index < -0.39 is 28.9 Å². The highest BCUT2D eigenvalue weighted by molar-refractivity contribution is 5.92. The highest BCUT2D eigenvalue weighted by Gasteiger charge is 2.29. The molecule has 0 fully saturated rings. The fourth-order valence-corrected chi connectivity index (χ4v) is 2.65. The Morgan fingerprint density at radius 2 is 1.78 bits per heavy atom. The van der Waals surface area contributed by atoms with Gasteiger partial charge >= 0.3 is 17.8 Å². The molecule has 27 heavy (non-hydrogen) atoms. The Hall–Kier alpha value is -3.29. The van der Waals surface area contributed by atoms with E-state index in [-0.39, 0.29) is 5.58 Å². The van der Waals surface area contributed by atoms with Gasteiger partial charge in [0.05, 0.1) is 5.56 Å². The van der Waals surface area contributed by atoms with Gasteiger partial charge in [-0.05, 0) is 35.9 Å². The van der Waals surface area contributed by atoms with Crippen molar-refractivity contribution in [1.82, 2.24) is 0 Å². The van der Waals surface area contributed by atoms with Crippen LogP contribution < -0.4 is 10.5 Å². The van der Waals surface area contributed by atoms with E-state index in [0.29, 0.717) is 23.2 Å². The molecule has 0 radical (unpaired) electrons. The van der Waals surface area contributed by atoms with E-state index >= 15 is 0 Å². The molecule has 2 aromatic carbocycles. The number of hydrogen-bond acceptors (Lipinski definition) is 4. The van der Waals surface area contributed by atoms with Crippen LogP contribution in [0.5, 0.6) is 0 Å². The van der Waals surface area contributed by atoms with Crippen LogP contribution in [0.15, 0.2) is 57.7 Å². The predicted octanol–water partition coefficient (Wildman–Crippen LogP) is 4.15. The first-order valence-corrected chi connectivity index (χ1v) is 7.83. The number of carboxylic acid groups (broad SMARTS) is 1. The predicted molar refractivity (Wildman–Crippen MR) is 93.0 cm³/mol. The molecule has 1 N–H and O–H groups in total. The van der Waals surface area contributed by atoms with Gasteiger partial charge in [0.2, 0.25) is 0 Å². The van der Waals surface area contributed by atoms with Crippen LogP contribution in [0.3, 0.4) is 0 Å². The van der Waals surface area contributed by atoms with Gasteiger partial charge in [-0.2, -0.15) is 13.2 Å². The molecule has 0 spiro atoms. The number of alkyl halides is 3. The Kier molecular flexibility index (Phi) is 4.65. The lowest BCUT2D eigenvalue weighted by Crippen LogP contribution is -2.17. The van der Waals surface area contributed by atoms with Crippen LogP contribution in [0.1, 0.15) is 21.5 Å². The molecule has 0 unspecified atom stereocenters. The van der Waals surface area contributed by atoms with E-state index in [1.807, 2.05) is 0 Å². The molecule has 0 atom stereocenters. The number of nitrogens with zero attached hydrogens (tertiary/aromatic N) is 1. The first kappa shape index (κ1) is 18.5. The van der Waals surface area contributed by atoms with Crippen molar-refractivity contribution >= 4 is 22.6 Å². The topological polar surface area (TPSA) is 70.8 Å². The highest BCUT2D eigenvalue weighted by atomic mass is 19.4. The third-order valence-corrected chi connectivity index (χ3v) is 4.09. The van der Waals surface area contributed by atoms with E-state index in [2.05, 4.69) is 0 Å². The molecule has 0 aliphatic carbocycles. The van der Waals surface area contributed by atoms with Crippen LogP contribution in [-0.4, -0.2) is 18.1 Å². The van der Waals surface area contributed by atoms with Gasteiger partial charge in [0.25, 0.3) is 0 Å². The zero-order chi connectivity index (χ0) is 19.8. The summed E-state index contributed by atoms with van der Waals surface area (Å²) in [5.41, 5.74) is -0.551. The average molecular weight is 377 g/mol. The molecule has 3 aromatic rings. The van der Waals surface area contributed by atoms with Gasteiger partial charge in [0.15, 0.2) is 0 Å². The second-order valence-corrected chi connectivity index (χ2v) is 6.03. The summed E-state index contributed by atoms with van der Waals surface area (Å²) in [6.45, 7) is 0.334. The number of aromatic carboxylic acids is 1. The van der Waals surface area contributed by atoms with Crippen molar-refractivity contribution in [1.29, 1.82) is 0 Å². The van der Waals surface area contributed by atoms with Crippen molar-refractivity contribution in [2.24, 2.45) is 0 Å². The summed E-state index contributed by atoms with van der Waals surface area (Å²) in [6, 6.07) is 11.0. The van der Waals surface area contributed by atoms with Crippen LogP contribution in [0.2, 0.25) is 0 Å². The number of fused-ring (bicyclic) bond motifs is 1. The average Bonchev–Trinajstić information content (AvgIpc) is 2.60. The monoisotopic (exact) mass is 377 g/mol. The van der Waals surface area contributed by atoms with Crippen molar-refractivity contribution in [2.45, 2.75) is 12.7 Å². The maximum atomic E-state index is 12.6. The molecule has 1 aromatic heterocycles. The second-order valence-electron chi connectivity index (χ2n) is 6.03. The third kappa shape index (κ3) is 3.94. The molecule has 0 amide bonds. The van der Waals surface area contributed by atoms with Gasteiger partial charge in [0.1, 0.15) is 11.1 Å². The normalized spacial score (nSPS) is 11.6. The lowest BCUT2D eigenvalue weighted by atomic mass is 10.1. The highest BCUT2D eigenvalue weighted by Crippen LogP contribution is 2.29. The summed E-state index contributed by atoms with van der Waals surface area (Å²) in [6.07, 6.45) is -4.38. The Balaban J connectivity index is 1.85. The number of anilines is 1.